The lowest BCUT2D eigenvalue weighted by molar-refractivity contribution is -0.133. The second kappa shape index (κ2) is 7.11. The van der Waals surface area contributed by atoms with Crippen LogP contribution in [0.25, 0.3) is 11.2 Å². The van der Waals surface area contributed by atoms with E-state index in [9.17, 15) is 4.79 Å². The number of rotatable bonds is 7. The van der Waals surface area contributed by atoms with Crippen LogP contribution in [-0.4, -0.2) is 45.1 Å². The number of imidazole rings is 1. The number of hydrogen-bond acceptors (Lipinski definition) is 5. The van der Waals surface area contributed by atoms with Crippen molar-refractivity contribution in [3.63, 3.8) is 0 Å². The third-order valence-corrected chi connectivity index (χ3v) is 3.95. The van der Waals surface area contributed by atoms with Crippen molar-refractivity contribution in [2.75, 3.05) is 19.5 Å². The molecule has 0 aromatic carbocycles. The van der Waals surface area contributed by atoms with Gasteiger partial charge in [-0.1, -0.05) is 30.3 Å². The molecule has 0 saturated heterocycles. The van der Waals surface area contributed by atoms with Gasteiger partial charge in [-0.25, -0.2) is 9.97 Å². The lowest BCUT2D eigenvalue weighted by Crippen LogP contribution is -2.14. The van der Waals surface area contributed by atoms with Crippen molar-refractivity contribution in [2.45, 2.75) is 18.6 Å². The molecule has 0 fully saturated rings. The summed E-state index contributed by atoms with van der Waals surface area (Å²) in [5.74, 6) is -0.668. The lowest BCUT2D eigenvalue weighted by Gasteiger charge is -2.13. The minimum atomic E-state index is -0.880. The fraction of sp³-hybridized carbons (Fsp3) is 0.462. The largest absolute Gasteiger partial charge is 0.481 e. The highest BCUT2D eigenvalue weighted by molar-refractivity contribution is 7.99. The number of ether oxygens (including phenoxy) is 1. The Hall–Kier alpha value is -1.31. The second-order valence-electron chi connectivity index (χ2n) is 4.74. The van der Waals surface area contributed by atoms with Gasteiger partial charge in [-0.05, 0) is 12.0 Å². The van der Waals surface area contributed by atoms with Crippen LogP contribution >= 0.6 is 23.4 Å². The first-order chi connectivity index (χ1) is 10.0. The van der Waals surface area contributed by atoms with Gasteiger partial charge in [-0.15, -0.1) is 0 Å². The molecule has 0 saturated carbocycles. The summed E-state index contributed by atoms with van der Waals surface area (Å²) in [6, 6.07) is 1.73. The van der Waals surface area contributed by atoms with E-state index in [2.05, 4.69) is 16.9 Å². The van der Waals surface area contributed by atoms with E-state index in [4.69, 9.17) is 21.4 Å². The first-order valence-electron chi connectivity index (χ1n) is 6.36. The van der Waals surface area contributed by atoms with Crippen molar-refractivity contribution in [3.8, 4) is 0 Å². The Balaban J connectivity index is 2.36. The standard InChI is InChI=1S/C13H16ClN3O3S/c1-8(6-20-2)5-17-12-10(3-9(14)4-15-12)16-13(17)21-7-11(18)19/h3-4,8H,5-7H2,1-2H3,(H,18,19). The van der Waals surface area contributed by atoms with Crippen LogP contribution in [0.5, 0.6) is 0 Å². The molecular formula is C13H16ClN3O3S. The Morgan fingerprint density at radius 3 is 3.05 bits per heavy atom. The topological polar surface area (TPSA) is 77.2 Å². The highest BCUT2D eigenvalue weighted by Gasteiger charge is 2.16. The van der Waals surface area contributed by atoms with E-state index >= 15 is 0 Å². The molecule has 2 aromatic heterocycles. The van der Waals surface area contributed by atoms with Gasteiger partial charge >= 0.3 is 5.97 Å². The number of aromatic nitrogens is 3. The van der Waals surface area contributed by atoms with Crippen molar-refractivity contribution in [3.05, 3.63) is 17.3 Å². The third kappa shape index (κ3) is 4.09. The number of fused-ring (bicyclic) bond motifs is 1. The maximum Gasteiger partial charge on any atom is 0.313 e. The molecule has 2 aromatic rings. The molecule has 0 bridgehead atoms. The highest BCUT2D eigenvalue weighted by atomic mass is 35.5. The maximum atomic E-state index is 10.8. The predicted octanol–water partition coefficient (Wildman–Crippen LogP) is 2.54. The van der Waals surface area contributed by atoms with E-state index in [-0.39, 0.29) is 11.7 Å². The van der Waals surface area contributed by atoms with Crippen LogP contribution < -0.4 is 0 Å². The minimum Gasteiger partial charge on any atom is -0.481 e. The zero-order chi connectivity index (χ0) is 15.4. The van der Waals surface area contributed by atoms with Crippen LogP contribution in [0.15, 0.2) is 17.4 Å². The molecule has 1 atom stereocenters. The van der Waals surface area contributed by atoms with Crippen LogP contribution in [-0.2, 0) is 16.1 Å². The Morgan fingerprint density at radius 2 is 2.38 bits per heavy atom. The van der Waals surface area contributed by atoms with E-state index in [0.717, 1.165) is 0 Å². The van der Waals surface area contributed by atoms with Gasteiger partial charge in [0.2, 0.25) is 0 Å². The maximum absolute atomic E-state index is 10.8. The summed E-state index contributed by atoms with van der Waals surface area (Å²) < 4.78 is 7.07. The molecule has 0 amide bonds. The molecule has 0 aliphatic heterocycles. The van der Waals surface area contributed by atoms with Gasteiger partial charge in [0, 0.05) is 19.9 Å². The summed E-state index contributed by atoms with van der Waals surface area (Å²) >= 11 is 7.11. The average molecular weight is 330 g/mol. The summed E-state index contributed by atoms with van der Waals surface area (Å²) in [7, 11) is 1.65. The zero-order valence-corrected chi connectivity index (χ0v) is 13.3. The summed E-state index contributed by atoms with van der Waals surface area (Å²) in [5.41, 5.74) is 1.37. The molecule has 0 radical (unpaired) electrons. The number of aliphatic carboxylic acids is 1. The van der Waals surface area contributed by atoms with Crippen LogP contribution in [0, 0.1) is 5.92 Å². The SMILES string of the molecule is COCC(C)Cn1c(SCC(=O)O)nc2cc(Cl)cnc21. The molecule has 0 aliphatic rings. The van der Waals surface area contributed by atoms with Gasteiger partial charge in [0.25, 0.3) is 0 Å². The Kier molecular flexibility index (Phi) is 5.44. The number of hydrogen-bond donors (Lipinski definition) is 1. The van der Waals surface area contributed by atoms with E-state index in [1.165, 1.54) is 11.8 Å². The molecule has 21 heavy (non-hydrogen) atoms. The average Bonchev–Trinajstić information content (AvgIpc) is 2.74. The Labute approximate surface area is 131 Å². The van der Waals surface area contributed by atoms with Gasteiger partial charge < -0.3 is 14.4 Å². The number of nitrogens with zero attached hydrogens (tertiary/aromatic N) is 3. The fourth-order valence-corrected chi connectivity index (χ4v) is 2.90. The summed E-state index contributed by atoms with van der Waals surface area (Å²) in [5, 5.41) is 9.97. The molecule has 1 N–H and O–H groups in total. The minimum absolute atomic E-state index is 0.0459. The second-order valence-corrected chi connectivity index (χ2v) is 6.12. The predicted molar refractivity (Wildman–Crippen MR) is 81.9 cm³/mol. The highest BCUT2D eigenvalue weighted by Crippen LogP contribution is 2.25. The molecule has 114 valence electrons. The van der Waals surface area contributed by atoms with E-state index in [1.54, 1.807) is 19.4 Å². The monoisotopic (exact) mass is 329 g/mol. The van der Waals surface area contributed by atoms with Crippen LogP contribution in [0.1, 0.15) is 6.92 Å². The fourth-order valence-electron chi connectivity index (χ4n) is 2.02. The number of carbonyl (C=O) groups is 1. The number of thioether (sulfide) groups is 1. The van der Waals surface area contributed by atoms with Gasteiger partial charge in [0.1, 0.15) is 5.52 Å². The molecule has 8 heteroatoms. The molecule has 2 rings (SSSR count). The van der Waals surface area contributed by atoms with Gasteiger partial charge in [-0.2, -0.15) is 0 Å². The first kappa shape index (κ1) is 16.1. The molecular weight excluding hydrogens is 314 g/mol. The van der Waals surface area contributed by atoms with Crippen LogP contribution in [0.2, 0.25) is 5.02 Å². The third-order valence-electron chi connectivity index (χ3n) is 2.79. The summed E-state index contributed by atoms with van der Waals surface area (Å²) in [6.07, 6.45) is 1.56. The zero-order valence-electron chi connectivity index (χ0n) is 11.7. The molecule has 0 aliphatic carbocycles. The van der Waals surface area contributed by atoms with Crippen molar-refractivity contribution in [1.29, 1.82) is 0 Å². The van der Waals surface area contributed by atoms with Gasteiger partial charge in [0.15, 0.2) is 10.8 Å². The Bertz CT molecular complexity index is 647. The van der Waals surface area contributed by atoms with Crippen molar-refractivity contribution >= 4 is 40.5 Å². The van der Waals surface area contributed by atoms with Crippen molar-refractivity contribution in [2.24, 2.45) is 5.92 Å². The quantitative estimate of drug-likeness (QED) is 0.787. The number of methoxy groups -OCH3 is 1. The first-order valence-corrected chi connectivity index (χ1v) is 7.73. The van der Waals surface area contributed by atoms with Crippen LogP contribution in [0.4, 0.5) is 0 Å². The van der Waals surface area contributed by atoms with Crippen LogP contribution in [0.3, 0.4) is 0 Å². The Morgan fingerprint density at radius 1 is 1.62 bits per heavy atom. The van der Waals surface area contributed by atoms with E-state index in [1.807, 2.05) is 4.57 Å². The summed E-state index contributed by atoms with van der Waals surface area (Å²) in [4.78, 5) is 19.5. The smallest absolute Gasteiger partial charge is 0.313 e. The van der Waals surface area contributed by atoms with Crippen molar-refractivity contribution < 1.29 is 14.6 Å². The van der Waals surface area contributed by atoms with Gasteiger partial charge in [0.05, 0.1) is 17.4 Å². The van der Waals surface area contributed by atoms with Crippen molar-refractivity contribution in [1.82, 2.24) is 14.5 Å². The number of carboxylic acid groups (broad SMARTS) is 1. The van der Waals surface area contributed by atoms with E-state index in [0.29, 0.717) is 34.5 Å². The molecule has 0 spiro atoms. The molecule has 2 heterocycles. The lowest BCUT2D eigenvalue weighted by atomic mass is 10.2. The van der Waals surface area contributed by atoms with E-state index < -0.39 is 5.97 Å². The normalized spacial score (nSPS) is 12.7. The molecule has 6 nitrogen and oxygen atoms in total. The summed E-state index contributed by atoms with van der Waals surface area (Å²) in [6.45, 7) is 3.31. The van der Waals surface area contributed by atoms with Gasteiger partial charge in [-0.3, -0.25) is 4.79 Å². The number of halogens is 1. The molecule has 1 unspecified atom stereocenters. The number of carboxylic acids is 1. The number of pyridine rings is 1.